The van der Waals surface area contributed by atoms with Crippen LogP contribution in [0.1, 0.15) is 11.6 Å². The van der Waals surface area contributed by atoms with Gasteiger partial charge in [-0.05, 0) is 29.1 Å². The van der Waals surface area contributed by atoms with Gasteiger partial charge in [0.1, 0.15) is 11.4 Å². The fourth-order valence-corrected chi connectivity index (χ4v) is 5.54. The third-order valence-electron chi connectivity index (χ3n) is 5.04. The Bertz CT molecular complexity index is 1250. The number of hydrogen-bond acceptors (Lipinski definition) is 5. The van der Waals surface area contributed by atoms with Crippen LogP contribution in [0, 0.1) is 0 Å². The summed E-state index contributed by atoms with van der Waals surface area (Å²) in [6, 6.07) is 19.6. The maximum absolute atomic E-state index is 13.5. The standard InChI is InChI=1S/C22H17N3O2S2/c26-20(12-24-14-23-21-16(22(24)27)10-11-28-21)25-17-8-4-5-9-19(17)29-13-18(25)15-6-2-1-3-7-15/h1-11,14,18H,12-13H2. The molecule has 5 rings (SSSR count). The lowest BCUT2D eigenvalue weighted by atomic mass is 10.1. The Morgan fingerprint density at radius 3 is 2.72 bits per heavy atom. The first kappa shape index (κ1) is 18.1. The fourth-order valence-electron chi connectivity index (χ4n) is 3.65. The first-order chi connectivity index (χ1) is 14.2. The lowest BCUT2D eigenvalue weighted by Crippen LogP contribution is -2.42. The molecule has 2 aromatic carbocycles. The summed E-state index contributed by atoms with van der Waals surface area (Å²) in [6.07, 6.45) is 1.47. The summed E-state index contributed by atoms with van der Waals surface area (Å²) in [4.78, 5) is 34.2. The molecule has 0 bridgehead atoms. The molecule has 0 spiro atoms. The van der Waals surface area contributed by atoms with Crippen LogP contribution in [0.3, 0.4) is 0 Å². The van der Waals surface area contributed by atoms with Crippen LogP contribution in [-0.4, -0.2) is 21.2 Å². The van der Waals surface area contributed by atoms with E-state index in [-0.39, 0.29) is 24.1 Å². The predicted octanol–water partition coefficient (Wildman–Crippen LogP) is 4.34. The highest BCUT2D eigenvalue weighted by Crippen LogP contribution is 2.43. The molecule has 4 aromatic rings. The fraction of sp³-hybridized carbons (Fsp3) is 0.136. The van der Waals surface area contributed by atoms with Crippen LogP contribution in [0.2, 0.25) is 0 Å². The number of rotatable bonds is 3. The molecule has 1 aliphatic heterocycles. The lowest BCUT2D eigenvalue weighted by Gasteiger charge is -2.37. The van der Waals surface area contributed by atoms with Gasteiger partial charge in [-0.25, -0.2) is 4.98 Å². The SMILES string of the molecule is O=C(Cn1cnc2sccc2c1=O)N1c2ccccc2SCC1c1ccccc1. The molecule has 0 aliphatic carbocycles. The van der Waals surface area contributed by atoms with Gasteiger partial charge in [0, 0.05) is 10.6 Å². The molecule has 2 aromatic heterocycles. The van der Waals surface area contributed by atoms with Crippen molar-refractivity contribution >= 4 is 44.9 Å². The van der Waals surface area contributed by atoms with Crippen molar-refractivity contribution in [1.82, 2.24) is 9.55 Å². The molecule has 0 saturated heterocycles. The minimum Gasteiger partial charge on any atom is -0.301 e. The number of para-hydroxylation sites is 1. The van der Waals surface area contributed by atoms with Crippen molar-refractivity contribution in [2.75, 3.05) is 10.7 Å². The average Bonchev–Trinajstić information content (AvgIpc) is 3.25. The number of thioether (sulfide) groups is 1. The summed E-state index contributed by atoms with van der Waals surface area (Å²) in [5.74, 6) is 0.647. The Labute approximate surface area is 175 Å². The first-order valence-corrected chi connectivity index (χ1v) is 11.1. The van der Waals surface area contributed by atoms with E-state index in [2.05, 4.69) is 4.98 Å². The number of anilines is 1. The van der Waals surface area contributed by atoms with E-state index in [1.165, 1.54) is 22.2 Å². The van der Waals surface area contributed by atoms with E-state index in [1.54, 1.807) is 17.8 Å². The van der Waals surface area contributed by atoms with Crippen LogP contribution in [-0.2, 0) is 11.3 Å². The quantitative estimate of drug-likeness (QED) is 0.496. The van der Waals surface area contributed by atoms with Gasteiger partial charge >= 0.3 is 0 Å². The molecular formula is C22H17N3O2S2. The van der Waals surface area contributed by atoms with E-state index >= 15 is 0 Å². The lowest BCUT2D eigenvalue weighted by molar-refractivity contribution is -0.119. The minimum absolute atomic E-state index is 0.0417. The van der Waals surface area contributed by atoms with E-state index < -0.39 is 0 Å². The molecule has 0 fully saturated rings. The predicted molar refractivity (Wildman–Crippen MR) is 118 cm³/mol. The molecule has 144 valence electrons. The number of carbonyl (C=O) groups excluding carboxylic acids is 1. The van der Waals surface area contributed by atoms with Gasteiger partial charge in [0.15, 0.2) is 0 Å². The largest absolute Gasteiger partial charge is 0.301 e. The number of nitrogens with zero attached hydrogens (tertiary/aromatic N) is 3. The number of benzene rings is 2. The Morgan fingerprint density at radius 1 is 1.07 bits per heavy atom. The molecule has 1 unspecified atom stereocenters. The number of hydrogen-bond donors (Lipinski definition) is 0. The van der Waals surface area contributed by atoms with E-state index in [9.17, 15) is 9.59 Å². The van der Waals surface area contributed by atoms with Crippen molar-refractivity contribution in [3.63, 3.8) is 0 Å². The van der Waals surface area contributed by atoms with E-state index in [4.69, 9.17) is 0 Å². The summed E-state index contributed by atoms with van der Waals surface area (Å²) in [6.45, 7) is -0.0417. The van der Waals surface area contributed by atoms with Gasteiger partial charge in [0.05, 0.1) is 23.4 Å². The van der Waals surface area contributed by atoms with Gasteiger partial charge < -0.3 is 4.90 Å². The number of aromatic nitrogens is 2. The van der Waals surface area contributed by atoms with Crippen LogP contribution >= 0.6 is 23.1 Å². The van der Waals surface area contributed by atoms with Crippen molar-refractivity contribution in [3.05, 3.63) is 88.3 Å². The van der Waals surface area contributed by atoms with Crippen molar-refractivity contribution in [1.29, 1.82) is 0 Å². The molecule has 7 heteroatoms. The zero-order valence-corrected chi connectivity index (χ0v) is 17.0. The van der Waals surface area contributed by atoms with E-state index in [1.807, 2.05) is 64.9 Å². The maximum atomic E-state index is 13.5. The molecule has 1 aliphatic rings. The number of amides is 1. The Hall–Kier alpha value is -2.90. The highest BCUT2D eigenvalue weighted by molar-refractivity contribution is 7.99. The molecule has 3 heterocycles. The Balaban J connectivity index is 1.55. The zero-order chi connectivity index (χ0) is 19.8. The molecule has 0 N–H and O–H groups in total. The number of carbonyl (C=O) groups is 1. The van der Waals surface area contributed by atoms with Gasteiger partial charge in [-0.1, -0.05) is 42.5 Å². The normalized spacial score (nSPS) is 16.0. The summed E-state index contributed by atoms with van der Waals surface area (Å²) >= 11 is 3.17. The summed E-state index contributed by atoms with van der Waals surface area (Å²) in [5.41, 5.74) is 1.79. The highest BCUT2D eigenvalue weighted by atomic mass is 32.2. The van der Waals surface area contributed by atoms with Gasteiger partial charge in [-0.3, -0.25) is 14.2 Å². The van der Waals surface area contributed by atoms with Gasteiger partial charge in [0.2, 0.25) is 5.91 Å². The van der Waals surface area contributed by atoms with Crippen LogP contribution in [0.5, 0.6) is 0 Å². The summed E-state index contributed by atoms with van der Waals surface area (Å²) in [7, 11) is 0. The Kier molecular flexibility index (Phi) is 4.69. The maximum Gasteiger partial charge on any atom is 0.262 e. The van der Waals surface area contributed by atoms with Gasteiger partial charge in [-0.15, -0.1) is 23.1 Å². The van der Waals surface area contributed by atoms with Crippen molar-refractivity contribution in [3.8, 4) is 0 Å². The van der Waals surface area contributed by atoms with Crippen LogP contribution in [0.15, 0.2) is 82.1 Å². The van der Waals surface area contributed by atoms with Crippen LogP contribution in [0.4, 0.5) is 5.69 Å². The van der Waals surface area contributed by atoms with Gasteiger partial charge in [0.25, 0.3) is 5.56 Å². The molecule has 0 saturated carbocycles. The second-order valence-corrected chi connectivity index (χ2v) is 8.74. The van der Waals surface area contributed by atoms with Crippen molar-refractivity contribution in [2.45, 2.75) is 17.5 Å². The highest BCUT2D eigenvalue weighted by Gasteiger charge is 2.32. The molecule has 1 amide bonds. The third-order valence-corrected chi connectivity index (χ3v) is 7.00. The molecule has 29 heavy (non-hydrogen) atoms. The average molecular weight is 420 g/mol. The molecular weight excluding hydrogens is 402 g/mol. The van der Waals surface area contributed by atoms with Crippen molar-refractivity contribution < 1.29 is 4.79 Å². The van der Waals surface area contributed by atoms with E-state index in [0.717, 1.165) is 21.9 Å². The second kappa shape index (κ2) is 7.50. The van der Waals surface area contributed by atoms with Crippen LogP contribution < -0.4 is 10.5 Å². The molecule has 0 radical (unpaired) electrons. The smallest absolute Gasteiger partial charge is 0.262 e. The minimum atomic E-state index is -0.180. The molecule has 1 atom stereocenters. The number of thiophene rings is 1. The Morgan fingerprint density at radius 2 is 1.86 bits per heavy atom. The summed E-state index contributed by atoms with van der Waals surface area (Å²) in [5, 5.41) is 2.40. The first-order valence-electron chi connectivity index (χ1n) is 9.24. The zero-order valence-electron chi connectivity index (χ0n) is 15.4. The molecule has 5 nitrogen and oxygen atoms in total. The topological polar surface area (TPSA) is 55.2 Å². The van der Waals surface area contributed by atoms with Gasteiger partial charge in [-0.2, -0.15) is 0 Å². The summed E-state index contributed by atoms with van der Waals surface area (Å²) < 4.78 is 1.41. The van der Waals surface area contributed by atoms with Crippen LogP contribution in [0.25, 0.3) is 10.2 Å². The monoisotopic (exact) mass is 419 g/mol. The third kappa shape index (κ3) is 3.26. The second-order valence-electron chi connectivity index (χ2n) is 6.79. The van der Waals surface area contributed by atoms with Crippen molar-refractivity contribution in [2.24, 2.45) is 0 Å². The number of fused-ring (bicyclic) bond motifs is 2. The van der Waals surface area contributed by atoms with E-state index in [0.29, 0.717) is 10.2 Å².